The minimum atomic E-state index is -0.741. The highest BCUT2D eigenvalue weighted by molar-refractivity contribution is 5.97. The lowest BCUT2D eigenvalue weighted by Gasteiger charge is -2.68. The lowest BCUT2D eigenvalue weighted by molar-refractivity contribution is -0.162. The van der Waals surface area contributed by atoms with Crippen molar-refractivity contribution >= 4 is 17.5 Å². The highest BCUT2D eigenvalue weighted by Gasteiger charge is 2.70. The van der Waals surface area contributed by atoms with Crippen LogP contribution in [-0.2, 0) is 9.59 Å². The van der Waals surface area contributed by atoms with Gasteiger partial charge in [0.15, 0.2) is 11.6 Å². The highest BCUT2D eigenvalue weighted by Crippen LogP contribution is 2.73. The topological polar surface area (TPSA) is 106 Å². The molecule has 0 radical (unpaired) electrons. The summed E-state index contributed by atoms with van der Waals surface area (Å²) in [6, 6.07) is 2.19. The second kappa shape index (κ2) is 8.57. The molecule has 40 heavy (non-hydrogen) atoms. The standard InChI is InChI=1S/C33H42N4O3/c1-20-22-8-10-31(5)25(30(22,4)9-7-21(17-34)27(20)39)15-24(38)26-23-16-29(2,3)11-13-33(23,14-12-32(26,31)6)28(40)37-19-35-18-36-37/h7,9,15,18-23,26H,8,10-14,16H2,1-6H3/t20-,21?,22?,23?,26?,30+,31-,32?,33+/m1/s1. The van der Waals surface area contributed by atoms with Gasteiger partial charge in [0.1, 0.15) is 18.6 Å². The van der Waals surface area contributed by atoms with Gasteiger partial charge in [0.05, 0.1) is 11.5 Å². The van der Waals surface area contributed by atoms with Crippen LogP contribution in [0.3, 0.4) is 0 Å². The molecule has 1 heterocycles. The van der Waals surface area contributed by atoms with Crippen molar-refractivity contribution in [3.05, 3.63) is 36.5 Å². The zero-order valence-electron chi connectivity index (χ0n) is 24.7. The minimum absolute atomic E-state index is 0.0126. The molecule has 0 spiro atoms. The van der Waals surface area contributed by atoms with E-state index in [0.717, 1.165) is 50.5 Å². The maximum Gasteiger partial charge on any atom is 0.254 e. The number of hydrogen-bond donors (Lipinski definition) is 0. The Morgan fingerprint density at radius 1 is 1.05 bits per heavy atom. The summed E-state index contributed by atoms with van der Waals surface area (Å²) in [5.41, 5.74) is -0.534. The summed E-state index contributed by atoms with van der Waals surface area (Å²) >= 11 is 0. The number of hydrogen-bond acceptors (Lipinski definition) is 6. The van der Waals surface area contributed by atoms with Crippen molar-refractivity contribution in [1.29, 1.82) is 5.26 Å². The largest absolute Gasteiger partial charge is 0.298 e. The molecule has 1 aromatic heterocycles. The summed E-state index contributed by atoms with van der Waals surface area (Å²) in [5, 5.41) is 13.9. The van der Waals surface area contributed by atoms with Crippen LogP contribution < -0.4 is 0 Å². The van der Waals surface area contributed by atoms with Crippen molar-refractivity contribution in [1.82, 2.24) is 14.8 Å². The van der Waals surface area contributed by atoms with E-state index in [1.54, 1.807) is 6.08 Å². The first-order chi connectivity index (χ1) is 18.7. The predicted molar refractivity (Wildman–Crippen MR) is 149 cm³/mol. The molecule has 5 aliphatic rings. The second-order valence-electron chi connectivity index (χ2n) is 15.0. The average molecular weight is 543 g/mol. The highest BCUT2D eigenvalue weighted by atomic mass is 16.2. The number of ketones is 2. The normalized spacial score (nSPS) is 45.6. The lowest BCUT2D eigenvalue weighted by atomic mass is 9.35. The molecule has 5 aliphatic carbocycles. The van der Waals surface area contributed by atoms with Crippen LogP contribution in [0.25, 0.3) is 0 Å². The Bertz CT molecular complexity index is 1380. The fourth-order valence-corrected chi connectivity index (χ4v) is 10.3. The summed E-state index contributed by atoms with van der Waals surface area (Å²) in [4.78, 5) is 45.9. The van der Waals surface area contributed by atoms with Gasteiger partial charge in [-0.2, -0.15) is 15.0 Å². The Morgan fingerprint density at radius 2 is 1.77 bits per heavy atom. The number of fused-ring (bicyclic) bond motifs is 7. The molecule has 7 nitrogen and oxygen atoms in total. The molecule has 0 N–H and O–H groups in total. The average Bonchev–Trinajstić information content (AvgIpc) is 3.42. The first-order valence-electron chi connectivity index (χ1n) is 15.0. The van der Waals surface area contributed by atoms with Crippen molar-refractivity contribution in [2.24, 2.45) is 56.7 Å². The van der Waals surface area contributed by atoms with Gasteiger partial charge >= 0.3 is 0 Å². The third-order valence-corrected chi connectivity index (χ3v) is 12.8. The minimum Gasteiger partial charge on any atom is -0.298 e. The van der Waals surface area contributed by atoms with Gasteiger partial charge in [-0.05, 0) is 79.1 Å². The van der Waals surface area contributed by atoms with E-state index in [4.69, 9.17) is 0 Å². The van der Waals surface area contributed by atoms with E-state index in [1.165, 1.54) is 17.3 Å². The van der Waals surface area contributed by atoms with Gasteiger partial charge < -0.3 is 0 Å². The monoisotopic (exact) mass is 542 g/mol. The van der Waals surface area contributed by atoms with Crippen LogP contribution in [0, 0.1) is 68.0 Å². The Hall–Kier alpha value is -2.88. The molecular weight excluding hydrogens is 500 g/mol. The van der Waals surface area contributed by atoms with Crippen LogP contribution in [0.1, 0.15) is 91.3 Å². The number of nitrogens with zero attached hydrogens (tertiary/aromatic N) is 4. The van der Waals surface area contributed by atoms with E-state index < -0.39 is 16.7 Å². The van der Waals surface area contributed by atoms with Crippen LogP contribution >= 0.6 is 0 Å². The van der Waals surface area contributed by atoms with Crippen LogP contribution in [0.2, 0.25) is 0 Å². The Morgan fingerprint density at radius 3 is 2.45 bits per heavy atom. The van der Waals surface area contributed by atoms with Crippen molar-refractivity contribution in [2.45, 2.75) is 86.5 Å². The maximum absolute atomic E-state index is 14.6. The number of carbonyl (C=O) groups excluding carboxylic acids is 3. The zero-order chi connectivity index (χ0) is 28.9. The second-order valence-corrected chi connectivity index (χ2v) is 15.0. The molecule has 0 saturated heterocycles. The molecule has 0 aromatic carbocycles. The molecule has 6 rings (SSSR count). The number of carbonyl (C=O) groups is 3. The van der Waals surface area contributed by atoms with E-state index in [9.17, 15) is 19.6 Å². The first-order valence-corrected chi connectivity index (χ1v) is 15.0. The van der Waals surface area contributed by atoms with Gasteiger partial charge in [-0.25, -0.2) is 4.98 Å². The van der Waals surface area contributed by atoms with Crippen molar-refractivity contribution < 1.29 is 14.4 Å². The number of aromatic nitrogens is 3. The van der Waals surface area contributed by atoms with Crippen LogP contribution in [0.4, 0.5) is 0 Å². The molecule has 0 bridgehead atoms. The zero-order valence-corrected chi connectivity index (χ0v) is 24.7. The van der Waals surface area contributed by atoms with E-state index in [2.05, 4.69) is 56.8 Å². The summed E-state index contributed by atoms with van der Waals surface area (Å²) in [5.74, 6) is -1.19. The van der Waals surface area contributed by atoms with Crippen molar-refractivity contribution in [2.75, 3.05) is 0 Å². The summed E-state index contributed by atoms with van der Waals surface area (Å²) in [6.07, 6.45) is 14.5. The van der Waals surface area contributed by atoms with Crippen molar-refractivity contribution in [3.8, 4) is 6.07 Å². The van der Waals surface area contributed by atoms with Crippen molar-refractivity contribution in [3.63, 3.8) is 0 Å². The van der Waals surface area contributed by atoms with Gasteiger partial charge in [-0.3, -0.25) is 14.4 Å². The number of allylic oxidation sites excluding steroid dienone is 4. The molecule has 3 fully saturated rings. The fraction of sp³-hybridized carbons (Fsp3) is 0.697. The van der Waals surface area contributed by atoms with E-state index in [-0.39, 0.29) is 57.4 Å². The number of Topliss-reactive ketones (excluding diaryl/α,β-unsaturated/α-hetero) is 1. The molecule has 3 saturated carbocycles. The van der Waals surface area contributed by atoms with Crippen LogP contribution in [0.15, 0.2) is 36.5 Å². The van der Waals surface area contributed by atoms with Gasteiger partial charge in [-0.1, -0.05) is 59.3 Å². The Balaban J connectivity index is 1.50. The molecule has 7 heteroatoms. The van der Waals surface area contributed by atoms with Gasteiger partial charge in [0.25, 0.3) is 5.91 Å². The molecule has 5 unspecified atom stereocenters. The number of rotatable bonds is 1. The molecule has 9 atom stereocenters. The quantitative estimate of drug-likeness (QED) is 0.403. The van der Waals surface area contributed by atoms with Gasteiger partial charge in [0, 0.05) is 17.3 Å². The fourth-order valence-electron chi connectivity index (χ4n) is 10.3. The van der Waals surface area contributed by atoms with Gasteiger partial charge in [0.2, 0.25) is 0 Å². The molecule has 0 aliphatic heterocycles. The lowest BCUT2D eigenvalue weighted by Crippen LogP contribution is -2.65. The third kappa shape index (κ3) is 3.37. The summed E-state index contributed by atoms with van der Waals surface area (Å²) in [7, 11) is 0. The number of nitriles is 1. The van der Waals surface area contributed by atoms with Crippen LogP contribution in [0.5, 0.6) is 0 Å². The SMILES string of the molecule is C[C@H]1C(=O)C(C#N)C=C[C@]2(C)C3=CC(=O)C4C5CC(C)(C)CC[C@]5(C(=O)n5cncn5)CCC4(C)[C@]3(C)CCC12. The van der Waals surface area contributed by atoms with E-state index in [1.807, 2.05) is 13.0 Å². The van der Waals surface area contributed by atoms with E-state index in [0.29, 0.717) is 0 Å². The first kappa shape index (κ1) is 27.3. The summed E-state index contributed by atoms with van der Waals surface area (Å²) in [6.45, 7) is 13.3. The molecular formula is C33H42N4O3. The molecule has 1 aromatic rings. The Labute approximate surface area is 237 Å². The summed E-state index contributed by atoms with van der Waals surface area (Å²) < 4.78 is 1.40. The molecule has 0 amide bonds. The molecule has 212 valence electrons. The maximum atomic E-state index is 14.6. The third-order valence-electron chi connectivity index (χ3n) is 12.8. The van der Waals surface area contributed by atoms with Crippen LogP contribution in [-0.4, -0.2) is 32.2 Å². The van der Waals surface area contributed by atoms with E-state index >= 15 is 0 Å². The smallest absolute Gasteiger partial charge is 0.254 e. The Kier molecular flexibility index (Phi) is 5.85. The van der Waals surface area contributed by atoms with Gasteiger partial charge in [-0.15, -0.1) is 0 Å². The predicted octanol–water partition coefficient (Wildman–Crippen LogP) is 5.99.